The molecule has 0 amide bonds. The van der Waals surface area contributed by atoms with E-state index in [4.69, 9.17) is 10.5 Å². The van der Waals surface area contributed by atoms with Crippen molar-refractivity contribution in [3.8, 4) is 17.0 Å². The lowest BCUT2D eigenvalue weighted by molar-refractivity contribution is -0.0494. The second-order valence-corrected chi connectivity index (χ2v) is 8.62. The zero-order valence-electron chi connectivity index (χ0n) is 17.8. The molecule has 2 N–H and O–H groups in total. The van der Waals surface area contributed by atoms with Crippen molar-refractivity contribution in [3.63, 3.8) is 0 Å². The Hall–Kier alpha value is -2.89. The maximum atomic E-state index is 14.1. The molecule has 0 aliphatic carbocycles. The third kappa shape index (κ3) is 4.61. The van der Waals surface area contributed by atoms with E-state index in [0.717, 1.165) is 12.8 Å². The zero-order chi connectivity index (χ0) is 23.2. The number of ether oxygens (including phenoxy) is 2. The number of fused-ring (bicyclic) bond motifs is 3. The predicted octanol–water partition coefficient (Wildman–Crippen LogP) is 3.33. The molecule has 2 atom stereocenters. The van der Waals surface area contributed by atoms with Crippen LogP contribution in [0, 0.1) is 0 Å². The SMILES string of the molecule is Nc1ncc(-c2cc(N3C[C@@H]4CC[C@H]3CO4)nc(N3CCCC(F)(F)C3)n2)cc1OC(F)F. The number of nitrogens with zero attached hydrogens (tertiary/aromatic N) is 5. The van der Waals surface area contributed by atoms with Crippen LogP contribution in [0.15, 0.2) is 18.3 Å². The van der Waals surface area contributed by atoms with E-state index in [1.165, 1.54) is 17.2 Å². The minimum Gasteiger partial charge on any atom is -0.431 e. The number of nitrogens with two attached hydrogens (primary N) is 1. The quantitative estimate of drug-likeness (QED) is 0.669. The molecule has 0 saturated carbocycles. The van der Waals surface area contributed by atoms with Gasteiger partial charge < -0.3 is 25.0 Å². The summed E-state index contributed by atoms with van der Waals surface area (Å²) in [6.45, 7) is -1.95. The first kappa shape index (κ1) is 21.9. The van der Waals surface area contributed by atoms with Gasteiger partial charge in [-0.3, -0.25) is 0 Å². The first-order valence-corrected chi connectivity index (χ1v) is 10.9. The van der Waals surface area contributed by atoms with Gasteiger partial charge in [0.25, 0.3) is 5.92 Å². The van der Waals surface area contributed by atoms with Crippen molar-refractivity contribution in [1.29, 1.82) is 0 Å². The van der Waals surface area contributed by atoms with Crippen molar-refractivity contribution >= 4 is 17.6 Å². The van der Waals surface area contributed by atoms with Gasteiger partial charge in [-0.15, -0.1) is 0 Å². The normalized spacial score (nSPS) is 24.4. The van der Waals surface area contributed by atoms with Crippen LogP contribution in [0.25, 0.3) is 11.3 Å². The Morgan fingerprint density at radius 3 is 2.73 bits per heavy atom. The van der Waals surface area contributed by atoms with Crippen LogP contribution in [-0.4, -0.2) is 65.9 Å². The van der Waals surface area contributed by atoms with E-state index in [1.54, 1.807) is 6.07 Å². The molecule has 0 spiro atoms. The van der Waals surface area contributed by atoms with Crippen molar-refractivity contribution in [3.05, 3.63) is 18.3 Å². The Morgan fingerprint density at radius 1 is 1.21 bits per heavy atom. The highest BCUT2D eigenvalue weighted by molar-refractivity contribution is 5.68. The molecule has 178 valence electrons. The van der Waals surface area contributed by atoms with Crippen LogP contribution in [0.3, 0.4) is 0 Å². The molecule has 4 aliphatic heterocycles. The molecule has 12 heteroatoms. The number of hydrogen-bond donors (Lipinski definition) is 1. The van der Waals surface area contributed by atoms with Gasteiger partial charge in [0, 0.05) is 37.3 Å². The van der Waals surface area contributed by atoms with Gasteiger partial charge in [-0.25, -0.2) is 18.7 Å². The van der Waals surface area contributed by atoms with Crippen LogP contribution in [-0.2, 0) is 4.74 Å². The van der Waals surface area contributed by atoms with Crippen molar-refractivity contribution in [2.24, 2.45) is 0 Å². The number of anilines is 3. The largest absolute Gasteiger partial charge is 0.431 e. The first-order chi connectivity index (χ1) is 15.8. The summed E-state index contributed by atoms with van der Waals surface area (Å²) in [6.07, 6.45) is 3.51. The Morgan fingerprint density at radius 2 is 2.06 bits per heavy atom. The van der Waals surface area contributed by atoms with E-state index in [1.807, 2.05) is 0 Å². The molecule has 4 saturated heterocycles. The smallest absolute Gasteiger partial charge is 0.387 e. The van der Waals surface area contributed by atoms with Crippen molar-refractivity contribution < 1.29 is 27.0 Å². The summed E-state index contributed by atoms with van der Waals surface area (Å²) in [5.74, 6) is -2.56. The lowest BCUT2D eigenvalue weighted by Gasteiger charge is -2.46. The van der Waals surface area contributed by atoms with E-state index in [2.05, 4.69) is 24.6 Å². The van der Waals surface area contributed by atoms with Crippen LogP contribution in [0.4, 0.5) is 35.1 Å². The molecule has 0 radical (unpaired) electrons. The second kappa shape index (κ2) is 8.47. The standard InChI is InChI=1S/C21H24F4N6O2/c22-19(23)33-16-6-12(8-27-18(16)26)15-7-17(31-9-14-3-2-13(31)10-32-14)29-20(28-15)30-5-1-4-21(24,25)11-30/h6-8,13-14,19H,1-5,9-11H2,(H2,26,27)/t13-,14-/m0/s1. The molecular weight excluding hydrogens is 444 g/mol. The van der Waals surface area contributed by atoms with Gasteiger partial charge in [-0.05, 0) is 25.3 Å². The highest BCUT2D eigenvalue weighted by Gasteiger charge is 2.38. The Balaban J connectivity index is 1.56. The number of nitrogen functional groups attached to an aromatic ring is 1. The fourth-order valence-corrected chi connectivity index (χ4v) is 4.61. The summed E-state index contributed by atoms with van der Waals surface area (Å²) in [6, 6.07) is 3.16. The number of aromatic nitrogens is 3. The maximum absolute atomic E-state index is 14.1. The molecular formula is C21H24F4N6O2. The molecule has 4 fully saturated rings. The van der Waals surface area contributed by atoms with Gasteiger partial charge in [0.1, 0.15) is 5.82 Å². The van der Waals surface area contributed by atoms with Gasteiger partial charge >= 0.3 is 6.61 Å². The maximum Gasteiger partial charge on any atom is 0.387 e. The lowest BCUT2D eigenvalue weighted by atomic mass is 9.97. The van der Waals surface area contributed by atoms with Crippen LogP contribution in [0.1, 0.15) is 25.7 Å². The van der Waals surface area contributed by atoms with Crippen molar-refractivity contribution in [2.75, 3.05) is 41.8 Å². The lowest BCUT2D eigenvalue weighted by Crippen LogP contribution is -2.55. The third-order valence-electron chi connectivity index (χ3n) is 6.25. The van der Waals surface area contributed by atoms with E-state index in [0.29, 0.717) is 43.2 Å². The Bertz CT molecular complexity index is 1020. The van der Waals surface area contributed by atoms with E-state index in [-0.39, 0.29) is 36.1 Å². The molecule has 2 aromatic rings. The number of halogens is 4. The predicted molar refractivity (Wildman–Crippen MR) is 113 cm³/mol. The Labute approximate surface area is 187 Å². The molecule has 0 aromatic carbocycles. The summed E-state index contributed by atoms with van der Waals surface area (Å²) >= 11 is 0. The van der Waals surface area contributed by atoms with Gasteiger partial charge in [-0.2, -0.15) is 13.8 Å². The van der Waals surface area contributed by atoms with Crippen LogP contribution in [0.2, 0.25) is 0 Å². The second-order valence-electron chi connectivity index (χ2n) is 8.62. The van der Waals surface area contributed by atoms with E-state index < -0.39 is 19.1 Å². The van der Waals surface area contributed by atoms with Crippen molar-refractivity contribution in [2.45, 2.75) is 50.4 Å². The van der Waals surface area contributed by atoms with Gasteiger partial charge in [-0.1, -0.05) is 0 Å². The van der Waals surface area contributed by atoms with Crippen LogP contribution in [0.5, 0.6) is 5.75 Å². The number of pyridine rings is 1. The first-order valence-electron chi connectivity index (χ1n) is 10.9. The van der Waals surface area contributed by atoms with Crippen molar-refractivity contribution in [1.82, 2.24) is 15.0 Å². The van der Waals surface area contributed by atoms with Gasteiger partial charge in [0.15, 0.2) is 11.6 Å². The average Bonchev–Trinajstić information content (AvgIpc) is 2.80. The Kier molecular flexibility index (Phi) is 5.63. The fourth-order valence-electron chi connectivity index (χ4n) is 4.61. The summed E-state index contributed by atoms with van der Waals surface area (Å²) in [5.41, 5.74) is 6.39. The minimum atomic E-state index is -3.07. The number of hydrogen-bond acceptors (Lipinski definition) is 8. The highest BCUT2D eigenvalue weighted by atomic mass is 19.3. The van der Waals surface area contributed by atoms with Gasteiger partial charge in [0.2, 0.25) is 5.95 Å². The number of piperidine rings is 2. The summed E-state index contributed by atoms with van der Waals surface area (Å²) in [7, 11) is 0. The monoisotopic (exact) mass is 468 g/mol. The van der Waals surface area contributed by atoms with Crippen LogP contribution >= 0.6 is 0 Å². The van der Waals surface area contributed by atoms with E-state index in [9.17, 15) is 17.6 Å². The molecule has 6 rings (SSSR count). The third-order valence-corrected chi connectivity index (χ3v) is 6.25. The minimum absolute atomic E-state index is 0.0837. The zero-order valence-corrected chi connectivity index (χ0v) is 17.8. The van der Waals surface area contributed by atoms with Gasteiger partial charge in [0.05, 0.1) is 31.0 Å². The highest BCUT2D eigenvalue weighted by Crippen LogP contribution is 2.36. The topological polar surface area (TPSA) is 89.6 Å². The summed E-state index contributed by atoms with van der Waals surface area (Å²) in [5, 5.41) is 0. The molecule has 4 aliphatic rings. The molecule has 8 nitrogen and oxygen atoms in total. The summed E-state index contributed by atoms with van der Waals surface area (Å²) < 4.78 is 64.1. The number of rotatable bonds is 5. The molecule has 33 heavy (non-hydrogen) atoms. The van der Waals surface area contributed by atoms with E-state index >= 15 is 0 Å². The average molecular weight is 468 g/mol. The number of morpholine rings is 1. The molecule has 6 heterocycles. The van der Waals surface area contributed by atoms with Crippen LogP contribution < -0.4 is 20.3 Å². The molecule has 2 aromatic heterocycles. The number of alkyl halides is 4. The molecule has 2 bridgehead atoms. The fraction of sp³-hybridized carbons (Fsp3) is 0.571. The molecule has 0 unspecified atom stereocenters. The summed E-state index contributed by atoms with van der Waals surface area (Å²) in [4.78, 5) is 16.7.